The number of aromatic nitrogens is 3. The number of amides is 1. The Morgan fingerprint density at radius 2 is 2.23 bits per heavy atom. The number of imidazole rings is 1. The summed E-state index contributed by atoms with van der Waals surface area (Å²) in [6.45, 7) is 1.01. The van der Waals surface area contributed by atoms with Crippen LogP contribution in [0.2, 0.25) is 0 Å². The van der Waals surface area contributed by atoms with Gasteiger partial charge in [-0.15, -0.1) is 0 Å². The Kier molecular flexibility index (Phi) is 5.15. The Balaban J connectivity index is 1.68. The average molecular weight is 367 g/mol. The number of halogens is 3. The van der Waals surface area contributed by atoms with Gasteiger partial charge >= 0.3 is 6.18 Å². The number of nitrogens with zero attached hydrogens (tertiary/aromatic N) is 4. The van der Waals surface area contributed by atoms with Crippen molar-refractivity contribution in [3.8, 4) is 0 Å². The van der Waals surface area contributed by atoms with E-state index < -0.39 is 11.7 Å². The van der Waals surface area contributed by atoms with E-state index in [9.17, 15) is 18.0 Å². The predicted molar refractivity (Wildman–Crippen MR) is 89.2 cm³/mol. The van der Waals surface area contributed by atoms with Gasteiger partial charge in [-0.2, -0.15) is 13.2 Å². The molecule has 1 fully saturated rings. The summed E-state index contributed by atoms with van der Waals surface area (Å²) in [7, 11) is 1.83. The lowest BCUT2D eigenvalue weighted by Gasteiger charge is -2.34. The minimum Gasteiger partial charge on any atom is -0.355 e. The summed E-state index contributed by atoms with van der Waals surface area (Å²) >= 11 is 0. The first-order valence-electron chi connectivity index (χ1n) is 8.36. The first kappa shape index (κ1) is 18.2. The fourth-order valence-electron chi connectivity index (χ4n) is 3.13. The summed E-state index contributed by atoms with van der Waals surface area (Å²) in [5.41, 5.74) is 0.0889. The van der Waals surface area contributed by atoms with Gasteiger partial charge in [-0.05, 0) is 25.0 Å². The summed E-state index contributed by atoms with van der Waals surface area (Å²) in [6, 6.07) is 2.29. The van der Waals surface area contributed by atoms with Gasteiger partial charge in [-0.25, -0.2) is 9.97 Å². The molecule has 1 saturated heterocycles. The van der Waals surface area contributed by atoms with Crippen LogP contribution in [0, 0.1) is 5.92 Å². The Hall–Kier alpha value is -2.58. The molecule has 3 heterocycles. The number of aryl methyl sites for hydroxylation is 1. The molecule has 26 heavy (non-hydrogen) atoms. The van der Waals surface area contributed by atoms with Gasteiger partial charge in [0.1, 0.15) is 5.82 Å². The Morgan fingerprint density at radius 3 is 2.92 bits per heavy atom. The first-order chi connectivity index (χ1) is 12.4. The van der Waals surface area contributed by atoms with Crippen LogP contribution in [-0.4, -0.2) is 33.5 Å². The van der Waals surface area contributed by atoms with Gasteiger partial charge in [0.05, 0.1) is 30.0 Å². The molecule has 3 rings (SSSR count). The minimum absolute atomic E-state index is 0.107. The highest BCUT2D eigenvalue weighted by Crippen LogP contribution is 2.36. The lowest BCUT2D eigenvalue weighted by Crippen LogP contribution is -2.44. The fraction of sp³-hybridized carbons (Fsp3) is 0.471. The zero-order chi connectivity index (χ0) is 18.7. The molecule has 1 atom stereocenters. The molecule has 0 aliphatic carbocycles. The Bertz CT molecular complexity index is 774. The van der Waals surface area contributed by atoms with Crippen LogP contribution in [0.25, 0.3) is 0 Å². The summed E-state index contributed by atoms with van der Waals surface area (Å²) < 4.78 is 41.5. The van der Waals surface area contributed by atoms with Crippen LogP contribution < -0.4 is 10.2 Å². The van der Waals surface area contributed by atoms with Gasteiger partial charge in [0.2, 0.25) is 5.91 Å². The number of rotatable bonds is 4. The number of carbonyl (C=O) groups excluding carboxylic acids is 1. The van der Waals surface area contributed by atoms with Crippen LogP contribution in [0.3, 0.4) is 0 Å². The molecule has 1 unspecified atom stereocenters. The number of carbonyl (C=O) groups is 1. The molecule has 1 amide bonds. The van der Waals surface area contributed by atoms with Gasteiger partial charge in [0, 0.05) is 32.5 Å². The molecule has 0 radical (unpaired) electrons. The third-order valence-electron chi connectivity index (χ3n) is 4.54. The Labute approximate surface area is 149 Å². The second-order valence-corrected chi connectivity index (χ2v) is 6.37. The van der Waals surface area contributed by atoms with Gasteiger partial charge in [-0.1, -0.05) is 0 Å². The average Bonchev–Trinajstić information content (AvgIpc) is 3.04. The summed E-state index contributed by atoms with van der Waals surface area (Å²) in [4.78, 5) is 21.9. The van der Waals surface area contributed by atoms with Crippen molar-refractivity contribution in [3.05, 3.63) is 42.1 Å². The third-order valence-corrected chi connectivity index (χ3v) is 4.54. The van der Waals surface area contributed by atoms with Crippen LogP contribution >= 0.6 is 0 Å². The number of pyridine rings is 1. The van der Waals surface area contributed by atoms with Crippen molar-refractivity contribution < 1.29 is 18.0 Å². The van der Waals surface area contributed by atoms with Crippen molar-refractivity contribution >= 4 is 11.7 Å². The third kappa shape index (κ3) is 3.97. The number of piperidine rings is 1. The molecule has 9 heteroatoms. The van der Waals surface area contributed by atoms with E-state index in [1.807, 2.05) is 7.05 Å². The summed E-state index contributed by atoms with van der Waals surface area (Å²) in [6.07, 6.45) is 1.45. The van der Waals surface area contributed by atoms with Crippen LogP contribution in [0.1, 0.15) is 24.1 Å². The fourth-order valence-corrected chi connectivity index (χ4v) is 3.13. The van der Waals surface area contributed by atoms with E-state index in [2.05, 4.69) is 15.3 Å². The lowest BCUT2D eigenvalue weighted by atomic mass is 9.96. The molecule has 1 aliphatic rings. The molecule has 0 spiro atoms. The van der Waals surface area contributed by atoms with Crippen molar-refractivity contribution in [3.63, 3.8) is 0 Å². The normalized spacial score (nSPS) is 18.0. The van der Waals surface area contributed by atoms with E-state index in [1.54, 1.807) is 22.0 Å². The van der Waals surface area contributed by atoms with E-state index in [1.165, 1.54) is 12.3 Å². The molecule has 140 valence electrons. The maximum atomic E-state index is 13.2. The highest BCUT2D eigenvalue weighted by Gasteiger charge is 2.37. The maximum absolute atomic E-state index is 13.2. The van der Waals surface area contributed by atoms with Gasteiger partial charge in [0.25, 0.3) is 0 Å². The predicted octanol–water partition coefficient (Wildman–Crippen LogP) is 2.37. The molecule has 2 aromatic rings. The van der Waals surface area contributed by atoms with E-state index in [0.717, 1.165) is 11.8 Å². The quantitative estimate of drug-likeness (QED) is 0.901. The van der Waals surface area contributed by atoms with Crippen molar-refractivity contribution in [1.29, 1.82) is 0 Å². The lowest BCUT2D eigenvalue weighted by molar-refractivity contribution is -0.137. The minimum atomic E-state index is -4.47. The molecule has 6 nitrogen and oxygen atoms in total. The van der Waals surface area contributed by atoms with E-state index in [-0.39, 0.29) is 24.2 Å². The second kappa shape index (κ2) is 7.35. The van der Waals surface area contributed by atoms with Gasteiger partial charge in [-0.3, -0.25) is 4.79 Å². The van der Waals surface area contributed by atoms with Gasteiger partial charge < -0.3 is 14.8 Å². The highest BCUT2D eigenvalue weighted by atomic mass is 19.4. The topological polar surface area (TPSA) is 63.1 Å². The number of anilines is 1. The van der Waals surface area contributed by atoms with Crippen molar-refractivity contribution in [1.82, 2.24) is 19.9 Å². The zero-order valence-corrected chi connectivity index (χ0v) is 14.3. The molecule has 2 aromatic heterocycles. The standard InChI is InChI=1S/C17H20F3N5O/c1-24-11-21-8-13(24)9-23-16(26)12-4-3-7-25(10-12)15-14(17(18,19)20)5-2-6-22-15/h2,5-6,8,11-12H,3-4,7,9-10H2,1H3,(H,23,26). The largest absolute Gasteiger partial charge is 0.419 e. The monoisotopic (exact) mass is 367 g/mol. The van der Waals surface area contributed by atoms with E-state index >= 15 is 0 Å². The summed E-state index contributed by atoms with van der Waals surface area (Å²) in [5.74, 6) is -0.649. The van der Waals surface area contributed by atoms with Crippen LogP contribution in [0.15, 0.2) is 30.9 Å². The van der Waals surface area contributed by atoms with Crippen LogP contribution in [-0.2, 0) is 24.6 Å². The molecule has 1 aliphatic heterocycles. The number of nitrogens with one attached hydrogen (secondary N) is 1. The van der Waals surface area contributed by atoms with E-state index in [0.29, 0.717) is 25.9 Å². The molecule has 0 bridgehead atoms. The number of alkyl halides is 3. The first-order valence-corrected chi connectivity index (χ1v) is 8.36. The smallest absolute Gasteiger partial charge is 0.355 e. The number of hydrogen-bond acceptors (Lipinski definition) is 4. The zero-order valence-electron chi connectivity index (χ0n) is 14.3. The Morgan fingerprint density at radius 1 is 1.42 bits per heavy atom. The maximum Gasteiger partial charge on any atom is 0.419 e. The van der Waals surface area contributed by atoms with Gasteiger partial charge in [0.15, 0.2) is 0 Å². The highest BCUT2D eigenvalue weighted by molar-refractivity contribution is 5.79. The molecule has 0 aromatic carbocycles. The van der Waals surface area contributed by atoms with E-state index in [4.69, 9.17) is 0 Å². The van der Waals surface area contributed by atoms with Crippen molar-refractivity contribution in [2.45, 2.75) is 25.6 Å². The SMILES string of the molecule is Cn1cncc1CNC(=O)C1CCCN(c2ncccc2C(F)(F)F)C1. The molecular formula is C17H20F3N5O. The van der Waals surface area contributed by atoms with Crippen molar-refractivity contribution in [2.24, 2.45) is 13.0 Å². The molecular weight excluding hydrogens is 347 g/mol. The molecule has 0 saturated carbocycles. The molecule has 1 N–H and O–H groups in total. The summed E-state index contributed by atoms with van der Waals surface area (Å²) in [5, 5.41) is 2.84. The second-order valence-electron chi connectivity index (χ2n) is 6.37. The number of hydrogen-bond donors (Lipinski definition) is 1. The van der Waals surface area contributed by atoms with Crippen LogP contribution in [0.5, 0.6) is 0 Å². The van der Waals surface area contributed by atoms with Crippen molar-refractivity contribution in [2.75, 3.05) is 18.0 Å². The van der Waals surface area contributed by atoms with Crippen LogP contribution in [0.4, 0.5) is 19.0 Å².